The first-order valence-electron chi connectivity index (χ1n) is 15.4. The topological polar surface area (TPSA) is 135 Å². The fourth-order valence-electron chi connectivity index (χ4n) is 5.31. The van der Waals surface area contributed by atoms with Gasteiger partial charge in [0, 0.05) is 13.1 Å². The summed E-state index contributed by atoms with van der Waals surface area (Å²) in [6.07, 6.45) is 7.12. The lowest BCUT2D eigenvalue weighted by Crippen LogP contribution is -2.35. The van der Waals surface area contributed by atoms with Gasteiger partial charge >= 0.3 is 0 Å². The van der Waals surface area contributed by atoms with Gasteiger partial charge in [0.15, 0.2) is 17.5 Å². The number of likely N-dealkylation sites (tertiary alicyclic amines) is 1. The molecule has 3 aliphatic heterocycles. The van der Waals surface area contributed by atoms with Crippen molar-refractivity contribution in [3.63, 3.8) is 0 Å². The van der Waals surface area contributed by atoms with Crippen LogP contribution in [0.4, 0.5) is 0 Å². The molecule has 0 saturated carbocycles. The Bertz CT molecular complexity index is 1150. The first-order valence-corrected chi connectivity index (χ1v) is 15.4. The highest BCUT2D eigenvalue weighted by molar-refractivity contribution is 6.92. The van der Waals surface area contributed by atoms with Gasteiger partial charge in [-0.05, 0) is 92.5 Å². The molecule has 17 heteroatoms. The van der Waals surface area contributed by atoms with Gasteiger partial charge in [-0.2, -0.15) is 44.6 Å². The van der Waals surface area contributed by atoms with Crippen molar-refractivity contribution in [1.29, 1.82) is 0 Å². The minimum absolute atomic E-state index is 0. The number of rotatable bonds is 4. The Labute approximate surface area is 296 Å². The number of aromatic nitrogens is 6. The monoisotopic (exact) mass is 715 g/mol. The van der Waals surface area contributed by atoms with Crippen molar-refractivity contribution in [1.82, 2.24) is 45.4 Å². The molecule has 6 rings (SSSR count). The van der Waals surface area contributed by atoms with Gasteiger partial charge in [-0.1, -0.05) is 50.8 Å². The molecular formula is C30H66B2N9O3P3. The maximum absolute atomic E-state index is 5.19. The van der Waals surface area contributed by atoms with Crippen LogP contribution in [-0.4, -0.2) is 101 Å². The quantitative estimate of drug-likeness (QED) is 0.270. The molecule has 6 heterocycles. The van der Waals surface area contributed by atoms with Crippen LogP contribution in [0.1, 0.15) is 106 Å². The van der Waals surface area contributed by atoms with Crippen LogP contribution in [-0.2, 0) is 0 Å². The Hall–Kier alpha value is -1.28. The standard InChI is InChI=1S/C9H15BN3O.C9H15N3O.C8H13N3O.C2H6B.2CH4.3H3P/c1-7-11-9(14-12-7)8-4-3-5-13(6-8)10-2;1-7-10-9(13-11-7)8-4-3-5-12(2)6-8;1-6-10-8(12-11-6)7-3-2-4-9-5-7;1-3-2;;;;;/h8H,3-6H2,1-2H3;8H,3-6H2,1-2H3;7,9H,2-5H2,1H3;1-2H3;2*1H4;3*1H3. The van der Waals surface area contributed by atoms with Gasteiger partial charge in [0.1, 0.15) is 7.28 Å². The zero-order valence-electron chi connectivity index (χ0n) is 28.8. The molecule has 3 aromatic rings. The van der Waals surface area contributed by atoms with E-state index in [0.29, 0.717) is 17.8 Å². The molecule has 6 atom stereocenters. The van der Waals surface area contributed by atoms with E-state index in [1.165, 1.54) is 32.2 Å². The molecule has 12 nitrogen and oxygen atoms in total. The largest absolute Gasteiger partial charge is 0.346 e. The molecular weight excluding hydrogens is 649 g/mol. The number of aryl methyl sites for hydroxylation is 3. The summed E-state index contributed by atoms with van der Waals surface area (Å²) in [7, 11) is 6.27. The lowest BCUT2D eigenvalue weighted by atomic mass is 9.88. The average molecular weight is 715 g/mol. The molecule has 1 N–H and O–H groups in total. The van der Waals surface area contributed by atoms with Crippen molar-refractivity contribution in [2.24, 2.45) is 0 Å². The second-order valence-corrected chi connectivity index (χ2v) is 11.4. The third-order valence-electron chi connectivity index (χ3n) is 7.42. The highest BCUT2D eigenvalue weighted by Gasteiger charge is 2.25. The first-order chi connectivity index (χ1) is 20.3. The molecule has 270 valence electrons. The van der Waals surface area contributed by atoms with Crippen LogP contribution in [0.5, 0.6) is 0 Å². The van der Waals surface area contributed by atoms with Crippen molar-refractivity contribution in [2.45, 2.75) is 112 Å². The Morgan fingerprint density at radius 3 is 1.47 bits per heavy atom. The Balaban J connectivity index is -0.000000565. The van der Waals surface area contributed by atoms with Gasteiger partial charge < -0.3 is 28.6 Å². The fourth-order valence-corrected chi connectivity index (χ4v) is 5.31. The van der Waals surface area contributed by atoms with Gasteiger partial charge in [0.05, 0.1) is 17.8 Å². The smallest absolute Gasteiger partial charge is 0.231 e. The predicted octanol–water partition coefficient (Wildman–Crippen LogP) is 5.49. The zero-order chi connectivity index (χ0) is 30.3. The summed E-state index contributed by atoms with van der Waals surface area (Å²) in [4.78, 5) is 17.4. The fraction of sp³-hybridized carbons (Fsp3) is 0.800. The van der Waals surface area contributed by atoms with Crippen molar-refractivity contribution >= 4 is 44.4 Å². The molecule has 0 aliphatic carbocycles. The van der Waals surface area contributed by atoms with Gasteiger partial charge in [0.25, 0.3) is 0 Å². The average Bonchev–Trinajstić information content (AvgIpc) is 3.76. The maximum atomic E-state index is 5.19. The van der Waals surface area contributed by atoms with Crippen LogP contribution in [0.15, 0.2) is 13.6 Å². The molecule has 3 aromatic heterocycles. The van der Waals surface area contributed by atoms with Crippen LogP contribution in [0.2, 0.25) is 20.5 Å². The van der Waals surface area contributed by atoms with Crippen LogP contribution >= 0.6 is 29.7 Å². The summed E-state index contributed by atoms with van der Waals surface area (Å²) >= 11 is 0. The summed E-state index contributed by atoms with van der Waals surface area (Å²) in [6, 6.07) is 0. The Morgan fingerprint density at radius 2 is 1.09 bits per heavy atom. The van der Waals surface area contributed by atoms with E-state index in [4.69, 9.17) is 13.6 Å². The van der Waals surface area contributed by atoms with E-state index in [1.807, 2.05) is 41.7 Å². The van der Waals surface area contributed by atoms with Crippen LogP contribution in [0.25, 0.3) is 0 Å². The second kappa shape index (κ2) is 27.5. The number of piperidine rings is 3. The minimum atomic E-state index is 0. The lowest BCUT2D eigenvalue weighted by Gasteiger charge is -2.29. The number of likely N-dealkylation sites (N-methyl/N-ethyl adjacent to an activating group) is 1. The van der Waals surface area contributed by atoms with E-state index in [2.05, 4.69) is 66.7 Å². The molecule has 3 fully saturated rings. The normalized spacial score (nSPS) is 20.4. The van der Waals surface area contributed by atoms with E-state index < -0.39 is 0 Å². The minimum Gasteiger partial charge on any atom is -0.346 e. The van der Waals surface area contributed by atoms with E-state index in [0.717, 1.165) is 80.7 Å². The van der Waals surface area contributed by atoms with E-state index >= 15 is 0 Å². The lowest BCUT2D eigenvalue weighted by molar-refractivity contribution is 0.220. The summed E-state index contributed by atoms with van der Waals surface area (Å²) in [5, 5.41) is 14.7. The van der Waals surface area contributed by atoms with Crippen molar-refractivity contribution in [3.8, 4) is 0 Å². The third kappa shape index (κ3) is 17.8. The van der Waals surface area contributed by atoms with Crippen molar-refractivity contribution in [3.05, 3.63) is 35.1 Å². The molecule has 0 amide bonds. The number of nitrogens with zero attached hydrogens (tertiary/aromatic N) is 8. The third-order valence-corrected chi connectivity index (χ3v) is 7.42. The molecule has 2 radical (unpaired) electrons. The summed E-state index contributed by atoms with van der Waals surface area (Å²) < 4.78 is 15.5. The maximum Gasteiger partial charge on any atom is 0.231 e. The van der Waals surface area contributed by atoms with Gasteiger partial charge in [-0.3, -0.25) is 0 Å². The summed E-state index contributed by atoms with van der Waals surface area (Å²) in [5.41, 5.74) is 0. The van der Waals surface area contributed by atoms with E-state index in [1.54, 1.807) is 0 Å². The SMILES string of the molecule is C.C.C[B]C.C[B]N1CCCC(c2nc(C)no2)C1.Cc1noc(C2CCCN(C)C2)n1.Cc1noc(C2CCCNC2)n1.P.P.P. The zero-order valence-corrected chi connectivity index (χ0v) is 33.0. The molecule has 3 aliphatic rings. The van der Waals surface area contributed by atoms with Gasteiger partial charge in [-0.15, -0.1) is 0 Å². The number of nitrogens with one attached hydrogen (secondary N) is 1. The Morgan fingerprint density at radius 1 is 0.660 bits per heavy atom. The molecule has 3 saturated heterocycles. The number of hydrogen-bond acceptors (Lipinski definition) is 12. The molecule has 0 aromatic carbocycles. The van der Waals surface area contributed by atoms with E-state index in [-0.39, 0.29) is 44.6 Å². The van der Waals surface area contributed by atoms with Gasteiger partial charge in [0.2, 0.25) is 25.1 Å². The molecule has 47 heavy (non-hydrogen) atoms. The second-order valence-electron chi connectivity index (χ2n) is 11.4. The summed E-state index contributed by atoms with van der Waals surface area (Å²) in [5.74, 6) is 5.90. The Kier molecular flexibility index (Phi) is 29.3. The molecule has 6 unspecified atom stereocenters. The van der Waals surface area contributed by atoms with Crippen LogP contribution in [0.3, 0.4) is 0 Å². The summed E-state index contributed by atoms with van der Waals surface area (Å²) in [6.45, 7) is 18.1. The highest BCUT2D eigenvalue weighted by atomic mass is 31.0. The van der Waals surface area contributed by atoms with Crippen molar-refractivity contribution < 1.29 is 13.6 Å². The number of hydrogen-bond donors (Lipinski definition) is 1. The molecule has 0 bridgehead atoms. The first kappa shape index (κ1) is 50.1. The highest BCUT2D eigenvalue weighted by Crippen LogP contribution is 2.26. The van der Waals surface area contributed by atoms with Crippen molar-refractivity contribution in [2.75, 3.05) is 46.3 Å². The van der Waals surface area contributed by atoms with E-state index in [9.17, 15) is 0 Å². The van der Waals surface area contributed by atoms with Crippen LogP contribution < -0.4 is 5.32 Å². The predicted molar refractivity (Wildman–Crippen MR) is 211 cm³/mol. The van der Waals surface area contributed by atoms with Crippen LogP contribution in [0, 0.1) is 20.8 Å². The molecule has 0 spiro atoms. The van der Waals surface area contributed by atoms with Gasteiger partial charge in [-0.25, -0.2) is 0 Å².